The lowest BCUT2D eigenvalue weighted by molar-refractivity contribution is -0.139. The van der Waals surface area contributed by atoms with E-state index >= 15 is 0 Å². The van der Waals surface area contributed by atoms with Crippen molar-refractivity contribution in [2.75, 3.05) is 36.0 Å². The molecule has 8 heteroatoms. The van der Waals surface area contributed by atoms with E-state index in [1.165, 1.54) is 12.4 Å². The van der Waals surface area contributed by atoms with Crippen molar-refractivity contribution in [1.82, 2.24) is 10.9 Å². The number of nitrogens with one attached hydrogen (secondary N) is 2. The van der Waals surface area contributed by atoms with Crippen LogP contribution in [0.4, 0.5) is 11.4 Å². The molecule has 0 saturated heterocycles. The van der Waals surface area contributed by atoms with Gasteiger partial charge >= 0.3 is 11.8 Å². The van der Waals surface area contributed by atoms with Gasteiger partial charge in [-0.15, -0.1) is 0 Å². The summed E-state index contributed by atoms with van der Waals surface area (Å²) < 4.78 is 0. The first-order valence-corrected chi connectivity index (χ1v) is 10.9. The second-order valence-corrected chi connectivity index (χ2v) is 6.93. The molecule has 8 nitrogen and oxygen atoms in total. The molecular formula is C24H32N6O2. The van der Waals surface area contributed by atoms with E-state index in [0.717, 1.165) is 48.7 Å². The van der Waals surface area contributed by atoms with Crippen LogP contribution in [0.5, 0.6) is 0 Å². The lowest BCUT2D eigenvalue weighted by Crippen LogP contribution is -2.35. The van der Waals surface area contributed by atoms with E-state index in [4.69, 9.17) is 0 Å². The lowest BCUT2D eigenvalue weighted by atomic mass is 10.2. The van der Waals surface area contributed by atoms with Gasteiger partial charge in [0.25, 0.3) is 0 Å². The Kier molecular flexibility index (Phi) is 9.90. The fraction of sp³-hybridized carbons (Fsp3) is 0.333. The highest BCUT2D eigenvalue weighted by molar-refractivity contribution is 6.35. The number of hydrogen-bond acceptors (Lipinski definition) is 6. The van der Waals surface area contributed by atoms with Crippen LogP contribution in [0.3, 0.4) is 0 Å². The van der Waals surface area contributed by atoms with E-state index < -0.39 is 11.8 Å². The molecule has 0 aliphatic carbocycles. The maximum Gasteiger partial charge on any atom is 0.331 e. The third-order valence-corrected chi connectivity index (χ3v) is 5.01. The molecule has 0 aliphatic rings. The first-order valence-electron chi connectivity index (χ1n) is 10.9. The van der Waals surface area contributed by atoms with E-state index in [1.54, 1.807) is 0 Å². The molecule has 2 aromatic carbocycles. The molecule has 2 N–H and O–H groups in total. The van der Waals surface area contributed by atoms with Gasteiger partial charge in [-0.2, -0.15) is 10.2 Å². The largest absolute Gasteiger partial charge is 0.372 e. The van der Waals surface area contributed by atoms with Gasteiger partial charge in [0.1, 0.15) is 0 Å². The van der Waals surface area contributed by atoms with E-state index in [2.05, 4.69) is 58.5 Å². The predicted octanol–water partition coefficient (Wildman–Crippen LogP) is 2.98. The van der Waals surface area contributed by atoms with E-state index in [9.17, 15) is 9.59 Å². The van der Waals surface area contributed by atoms with Crippen LogP contribution in [-0.2, 0) is 9.59 Å². The Hall–Kier alpha value is -3.68. The second-order valence-electron chi connectivity index (χ2n) is 6.93. The maximum atomic E-state index is 11.9. The number of carbonyl (C=O) groups is 2. The predicted molar refractivity (Wildman–Crippen MR) is 131 cm³/mol. The van der Waals surface area contributed by atoms with Crippen molar-refractivity contribution in [2.24, 2.45) is 10.2 Å². The van der Waals surface area contributed by atoms with Crippen molar-refractivity contribution in [3.05, 3.63) is 59.7 Å². The summed E-state index contributed by atoms with van der Waals surface area (Å²) in [5.74, 6) is -1.79. The number of nitrogens with zero attached hydrogens (tertiary/aromatic N) is 4. The summed E-state index contributed by atoms with van der Waals surface area (Å²) in [6.07, 6.45) is 2.97. The molecule has 0 heterocycles. The van der Waals surface area contributed by atoms with Gasteiger partial charge in [-0.1, -0.05) is 24.3 Å². The third kappa shape index (κ3) is 7.23. The summed E-state index contributed by atoms with van der Waals surface area (Å²) in [6, 6.07) is 15.6. The van der Waals surface area contributed by atoms with Crippen LogP contribution in [0.1, 0.15) is 38.8 Å². The van der Waals surface area contributed by atoms with Gasteiger partial charge < -0.3 is 9.80 Å². The van der Waals surface area contributed by atoms with Crippen molar-refractivity contribution in [2.45, 2.75) is 27.7 Å². The molecule has 2 aromatic rings. The van der Waals surface area contributed by atoms with E-state index in [-0.39, 0.29) is 0 Å². The average Bonchev–Trinajstić information content (AvgIpc) is 2.82. The summed E-state index contributed by atoms with van der Waals surface area (Å²) in [7, 11) is 0. The van der Waals surface area contributed by atoms with Crippen LogP contribution >= 0.6 is 0 Å². The highest BCUT2D eigenvalue weighted by Gasteiger charge is 2.11. The highest BCUT2D eigenvalue weighted by atomic mass is 16.2. The van der Waals surface area contributed by atoms with Gasteiger partial charge in [-0.05, 0) is 63.1 Å². The minimum Gasteiger partial charge on any atom is -0.372 e. The normalized spacial score (nSPS) is 11.0. The van der Waals surface area contributed by atoms with E-state index in [0.29, 0.717) is 0 Å². The number of rotatable bonds is 10. The van der Waals surface area contributed by atoms with Crippen molar-refractivity contribution >= 4 is 35.6 Å². The summed E-state index contributed by atoms with van der Waals surface area (Å²) in [5.41, 5.74) is 8.27. The Bertz CT molecular complexity index is 837. The zero-order chi connectivity index (χ0) is 23.3. The number of hydrogen-bond donors (Lipinski definition) is 2. The molecule has 0 atom stereocenters. The van der Waals surface area contributed by atoms with Gasteiger partial charge in [0.05, 0.1) is 12.4 Å². The van der Waals surface area contributed by atoms with Crippen molar-refractivity contribution in [3.8, 4) is 0 Å². The van der Waals surface area contributed by atoms with Crippen LogP contribution in [0.2, 0.25) is 0 Å². The Morgan fingerprint density at radius 2 is 0.969 bits per heavy atom. The minimum atomic E-state index is -0.893. The Morgan fingerprint density at radius 3 is 1.25 bits per heavy atom. The van der Waals surface area contributed by atoms with Crippen molar-refractivity contribution in [1.29, 1.82) is 0 Å². The molecule has 0 aromatic heterocycles. The summed E-state index contributed by atoms with van der Waals surface area (Å²) >= 11 is 0. The fourth-order valence-corrected chi connectivity index (χ4v) is 3.15. The number of anilines is 2. The topological polar surface area (TPSA) is 89.4 Å². The molecule has 0 radical (unpaired) electrons. The minimum absolute atomic E-state index is 0.813. The highest BCUT2D eigenvalue weighted by Crippen LogP contribution is 2.14. The monoisotopic (exact) mass is 436 g/mol. The standard InChI is InChI=1S/C24H32N6O2/c1-5-29(6-2)21-13-9-19(10-14-21)17-25-27-23(31)24(32)28-26-18-20-11-15-22(16-12-20)30(7-3)8-4/h9-18H,5-8H2,1-4H3,(H,27,31)(H,28,32). The molecule has 0 saturated carbocycles. The molecule has 0 fully saturated rings. The zero-order valence-electron chi connectivity index (χ0n) is 19.2. The van der Waals surface area contributed by atoms with Crippen LogP contribution in [-0.4, -0.2) is 50.4 Å². The number of carbonyl (C=O) groups excluding carboxylic acids is 2. The van der Waals surface area contributed by atoms with Gasteiger partial charge in [0, 0.05) is 37.6 Å². The van der Waals surface area contributed by atoms with Crippen LogP contribution in [0.25, 0.3) is 0 Å². The molecule has 0 spiro atoms. The first kappa shape index (κ1) is 24.6. The second kappa shape index (κ2) is 12.9. The molecular weight excluding hydrogens is 404 g/mol. The Morgan fingerprint density at radius 1 is 0.656 bits per heavy atom. The zero-order valence-corrected chi connectivity index (χ0v) is 19.2. The summed E-state index contributed by atoms with van der Waals surface area (Å²) in [4.78, 5) is 28.2. The molecule has 0 unspecified atom stereocenters. The van der Waals surface area contributed by atoms with Gasteiger partial charge in [-0.25, -0.2) is 10.9 Å². The molecule has 0 bridgehead atoms. The lowest BCUT2D eigenvalue weighted by Gasteiger charge is -2.20. The Balaban J connectivity index is 1.82. The number of benzene rings is 2. The maximum absolute atomic E-state index is 11.9. The average molecular weight is 437 g/mol. The fourth-order valence-electron chi connectivity index (χ4n) is 3.15. The number of hydrazone groups is 2. The van der Waals surface area contributed by atoms with Gasteiger partial charge in [0.15, 0.2) is 0 Å². The summed E-state index contributed by atoms with van der Waals surface area (Å²) in [6.45, 7) is 12.1. The summed E-state index contributed by atoms with van der Waals surface area (Å²) in [5, 5.41) is 7.66. The van der Waals surface area contributed by atoms with Crippen LogP contribution in [0.15, 0.2) is 58.7 Å². The Labute approximate surface area is 190 Å². The third-order valence-electron chi connectivity index (χ3n) is 5.01. The van der Waals surface area contributed by atoms with Crippen molar-refractivity contribution < 1.29 is 9.59 Å². The van der Waals surface area contributed by atoms with Crippen LogP contribution < -0.4 is 20.7 Å². The first-order chi connectivity index (χ1) is 15.5. The SMILES string of the molecule is CCN(CC)c1ccc(C=NNC(=O)C(=O)NN=Cc2ccc(N(CC)CC)cc2)cc1. The molecule has 170 valence electrons. The molecule has 2 rings (SSSR count). The number of amides is 2. The van der Waals surface area contributed by atoms with Gasteiger partial charge in [-0.3, -0.25) is 9.59 Å². The van der Waals surface area contributed by atoms with E-state index in [1.807, 2.05) is 48.5 Å². The van der Waals surface area contributed by atoms with Crippen LogP contribution in [0, 0.1) is 0 Å². The van der Waals surface area contributed by atoms with Crippen molar-refractivity contribution in [3.63, 3.8) is 0 Å². The molecule has 32 heavy (non-hydrogen) atoms. The molecule has 2 amide bonds. The quantitative estimate of drug-likeness (QED) is 0.340. The van der Waals surface area contributed by atoms with Gasteiger partial charge in [0.2, 0.25) is 0 Å². The molecule has 0 aliphatic heterocycles. The smallest absolute Gasteiger partial charge is 0.331 e.